The molecule has 0 atom stereocenters. The van der Waals surface area contributed by atoms with Gasteiger partial charge in [0.1, 0.15) is 11.8 Å². The van der Waals surface area contributed by atoms with E-state index in [2.05, 4.69) is 21.6 Å². The molecule has 17 heavy (non-hydrogen) atoms. The second-order valence-corrected chi connectivity index (χ2v) is 3.92. The van der Waals surface area contributed by atoms with Crippen molar-refractivity contribution in [2.45, 2.75) is 19.4 Å². The first-order valence-electron chi connectivity index (χ1n) is 5.45. The van der Waals surface area contributed by atoms with Crippen molar-refractivity contribution in [2.75, 3.05) is 20.1 Å². The van der Waals surface area contributed by atoms with E-state index in [1.807, 2.05) is 13.8 Å². The Labute approximate surface area is 110 Å². The highest BCUT2D eigenvalue weighted by Crippen LogP contribution is 2.19. The summed E-state index contributed by atoms with van der Waals surface area (Å²) in [6, 6.07) is 0. The highest BCUT2D eigenvalue weighted by Gasteiger charge is 2.45. The van der Waals surface area contributed by atoms with Gasteiger partial charge in [0.2, 0.25) is 22.2 Å². The number of nitrogens with zero attached hydrogens (tertiary/aromatic N) is 1. The second-order valence-electron chi connectivity index (χ2n) is 3.39. The Balaban J connectivity index is 0.00000121. The number of carbonyl (C=O) groups is 3. The van der Waals surface area contributed by atoms with E-state index in [0.717, 1.165) is 12.2 Å². The van der Waals surface area contributed by atoms with Gasteiger partial charge in [0.15, 0.2) is 0 Å². The molecule has 0 spiro atoms. The van der Waals surface area contributed by atoms with Crippen molar-refractivity contribution < 1.29 is 14.4 Å². The molecule has 1 N–H and O–H groups in total. The zero-order chi connectivity index (χ0) is 13.5. The largest absolute Gasteiger partial charge is 0.329 e. The number of hydrogen-bond donors (Lipinski definition) is 1. The van der Waals surface area contributed by atoms with Crippen LogP contribution in [-0.2, 0) is 14.4 Å². The van der Waals surface area contributed by atoms with E-state index in [1.165, 1.54) is 4.90 Å². The summed E-state index contributed by atoms with van der Waals surface area (Å²) in [5.41, 5.74) is -0.769. The van der Waals surface area contributed by atoms with Crippen LogP contribution in [0.5, 0.6) is 0 Å². The smallest absolute Gasteiger partial charge is 0.247 e. The summed E-state index contributed by atoms with van der Waals surface area (Å²) < 4.78 is -0.128. The molecule has 1 heterocycles. The Morgan fingerprint density at radius 1 is 1.35 bits per heavy atom. The molecule has 0 aromatic rings. The van der Waals surface area contributed by atoms with Crippen molar-refractivity contribution in [1.82, 2.24) is 10.2 Å². The van der Waals surface area contributed by atoms with Crippen molar-refractivity contribution in [3.8, 4) is 0 Å². The van der Waals surface area contributed by atoms with Crippen LogP contribution in [0.4, 0.5) is 0 Å². The number of aldehydes is 1. The molecule has 0 unspecified atom stereocenters. The van der Waals surface area contributed by atoms with Gasteiger partial charge in [0.05, 0.1) is 4.65 Å². The van der Waals surface area contributed by atoms with Crippen molar-refractivity contribution in [1.29, 1.82) is 0 Å². The number of hydrogen-bond acceptors (Lipinski definition) is 4. The van der Waals surface area contributed by atoms with Crippen LogP contribution in [0.2, 0.25) is 0 Å². The van der Waals surface area contributed by atoms with Crippen LogP contribution >= 0.6 is 0 Å². The van der Waals surface area contributed by atoms with Crippen molar-refractivity contribution in [3.05, 3.63) is 12.2 Å². The molecular formula is C11H17AlN2O3. The number of carbonyl (C=O) groups excluding carboxylic acids is 3. The van der Waals surface area contributed by atoms with Gasteiger partial charge in [0.25, 0.3) is 0 Å². The fourth-order valence-electron chi connectivity index (χ4n) is 1.38. The molecule has 1 rings (SSSR count). The van der Waals surface area contributed by atoms with E-state index >= 15 is 0 Å². The predicted octanol–water partition coefficient (Wildman–Crippen LogP) is -0.737. The minimum atomic E-state index is -0.769. The van der Waals surface area contributed by atoms with Crippen molar-refractivity contribution >= 4 is 33.1 Å². The molecule has 0 aromatic carbocycles. The average molecular weight is 252 g/mol. The van der Waals surface area contributed by atoms with E-state index < -0.39 is 5.54 Å². The van der Waals surface area contributed by atoms with E-state index in [4.69, 9.17) is 0 Å². The zero-order valence-electron chi connectivity index (χ0n) is 10.4. The molecule has 1 saturated heterocycles. The molecule has 0 aromatic heterocycles. The van der Waals surface area contributed by atoms with Crippen LogP contribution < -0.4 is 5.32 Å². The average Bonchev–Trinajstić information content (AvgIpc) is 2.26. The van der Waals surface area contributed by atoms with Crippen LogP contribution in [0.1, 0.15) is 13.8 Å². The van der Waals surface area contributed by atoms with Crippen molar-refractivity contribution in [3.63, 3.8) is 0 Å². The van der Waals surface area contributed by atoms with Gasteiger partial charge in [0, 0.05) is 26.2 Å². The summed E-state index contributed by atoms with van der Waals surface area (Å²) in [6.07, 6.45) is 2.80. The van der Waals surface area contributed by atoms with Gasteiger partial charge in [-0.15, -0.1) is 0 Å². The number of rotatable bonds is 4. The molecule has 2 radical (unpaired) electrons. The first kappa shape index (κ1) is 16.0. The summed E-state index contributed by atoms with van der Waals surface area (Å²) in [5, 5.41) is 2.95. The van der Waals surface area contributed by atoms with Gasteiger partial charge in [-0.1, -0.05) is 13.8 Å². The molecule has 6 heteroatoms. The molecule has 0 aliphatic carbocycles. The normalized spacial score (nSPS) is 16.4. The van der Waals surface area contributed by atoms with Gasteiger partial charge in [-0.3, -0.25) is 9.59 Å². The lowest BCUT2D eigenvalue weighted by Gasteiger charge is -2.47. The van der Waals surface area contributed by atoms with Gasteiger partial charge < -0.3 is 15.0 Å². The fourth-order valence-corrected chi connectivity index (χ4v) is 1.78. The van der Waals surface area contributed by atoms with Crippen LogP contribution in [-0.4, -0.2) is 63.7 Å². The van der Waals surface area contributed by atoms with Crippen molar-refractivity contribution in [2.24, 2.45) is 0 Å². The summed E-state index contributed by atoms with van der Waals surface area (Å²) in [7, 11) is 1.56. The van der Waals surface area contributed by atoms with Gasteiger partial charge >= 0.3 is 0 Å². The molecule has 0 bridgehead atoms. The molecule has 5 nitrogen and oxygen atoms in total. The lowest BCUT2D eigenvalue weighted by molar-refractivity contribution is -0.140. The third-order valence-corrected chi connectivity index (χ3v) is 3.12. The lowest BCUT2D eigenvalue weighted by Crippen LogP contribution is -2.73. The van der Waals surface area contributed by atoms with E-state index in [0.29, 0.717) is 19.4 Å². The standard InChI is InChI=1S/C9H11N2O3.C2H6.Al/c1-11(8(14)3-2-4-12)9(7-13)5-10-6-9;1-2;/h2-4,10H,5-6H2,1H3;1-2H3;/b3-2-;;. The topological polar surface area (TPSA) is 66.5 Å². The van der Waals surface area contributed by atoms with Crippen LogP contribution in [0.3, 0.4) is 0 Å². The first-order valence-corrected chi connectivity index (χ1v) is 6.02. The molecule has 1 amide bonds. The number of likely N-dealkylation sites (N-methyl/N-ethyl adjacent to an activating group) is 1. The predicted molar refractivity (Wildman–Crippen MR) is 65.7 cm³/mol. The summed E-state index contributed by atoms with van der Waals surface area (Å²) in [5.74, 6) is -0.348. The second kappa shape index (κ2) is 7.38. The molecule has 0 saturated carbocycles. The molecule has 92 valence electrons. The highest BCUT2D eigenvalue weighted by atomic mass is 27.0. The van der Waals surface area contributed by atoms with E-state index in [9.17, 15) is 14.4 Å². The van der Waals surface area contributed by atoms with Gasteiger partial charge in [-0.2, -0.15) is 0 Å². The van der Waals surface area contributed by atoms with Gasteiger partial charge in [-0.05, 0) is 6.08 Å². The molecule has 1 aliphatic rings. The SMILES string of the molecule is CC.CN(C(=O)/C=C\C=O)C1([C](=O)[Al])CNC1. The maximum Gasteiger partial charge on any atom is 0.247 e. The number of amides is 1. The zero-order valence-corrected chi connectivity index (χ0v) is 11.6. The van der Waals surface area contributed by atoms with Crippen LogP contribution in [0, 0.1) is 0 Å². The molecule has 1 fully saturated rings. The monoisotopic (exact) mass is 252 g/mol. The minimum absolute atomic E-state index is 0.128. The maximum atomic E-state index is 11.5. The Morgan fingerprint density at radius 2 is 1.88 bits per heavy atom. The maximum absolute atomic E-state index is 11.5. The summed E-state index contributed by atoms with van der Waals surface area (Å²) in [4.78, 5) is 34.4. The Kier molecular flexibility index (Phi) is 6.97. The number of allylic oxidation sites excluding steroid dienone is 1. The minimum Gasteiger partial charge on any atom is -0.329 e. The van der Waals surface area contributed by atoms with E-state index in [1.54, 1.807) is 7.05 Å². The van der Waals surface area contributed by atoms with Gasteiger partial charge in [-0.25, -0.2) is 0 Å². The quantitative estimate of drug-likeness (QED) is 0.407. The summed E-state index contributed by atoms with van der Waals surface area (Å²) >= 11 is 2.09. The third kappa shape index (κ3) is 3.50. The lowest BCUT2D eigenvalue weighted by atomic mass is 9.92. The van der Waals surface area contributed by atoms with Crippen LogP contribution in [0.25, 0.3) is 0 Å². The number of nitrogens with one attached hydrogen (secondary N) is 1. The third-order valence-electron chi connectivity index (χ3n) is 2.58. The highest BCUT2D eigenvalue weighted by molar-refractivity contribution is 6.60. The Morgan fingerprint density at radius 3 is 2.18 bits per heavy atom. The fraction of sp³-hybridized carbons (Fsp3) is 0.545. The molecule has 1 aliphatic heterocycles. The van der Waals surface area contributed by atoms with Crippen LogP contribution in [0.15, 0.2) is 12.2 Å². The van der Waals surface area contributed by atoms with E-state index in [-0.39, 0.29) is 10.6 Å². The summed E-state index contributed by atoms with van der Waals surface area (Å²) in [6.45, 7) is 4.90. The Bertz CT molecular complexity index is 325. The first-order chi connectivity index (χ1) is 8.04. The molecular weight excluding hydrogens is 235 g/mol. The Hall–Kier alpha value is -0.958.